The van der Waals surface area contributed by atoms with Gasteiger partial charge in [0, 0.05) is 13.5 Å². The van der Waals surface area contributed by atoms with E-state index in [9.17, 15) is 0 Å². The standard InChI is InChI=1S/C11H19N3O3/c1-15-6-7-16-5-4-9-13-11(17-14-9)10(12)8-2-3-8/h8,10H,2-7,12H2,1H3. The lowest BCUT2D eigenvalue weighted by molar-refractivity contribution is 0.0714. The Morgan fingerprint density at radius 1 is 1.41 bits per heavy atom. The second kappa shape index (κ2) is 6.09. The summed E-state index contributed by atoms with van der Waals surface area (Å²) in [6.07, 6.45) is 2.97. The Bertz CT molecular complexity index is 338. The molecule has 0 aliphatic heterocycles. The largest absolute Gasteiger partial charge is 0.382 e. The van der Waals surface area contributed by atoms with Crippen LogP contribution < -0.4 is 5.73 Å². The van der Waals surface area contributed by atoms with Crippen molar-refractivity contribution in [1.82, 2.24) is 10.1 Å². The number of hydrogen-bond acceptors (Lipinski definition) is 6. The SMILES string of the molecule is COCCOCCc1noc(C(N)C2CC2)n1. The summed E-state index contributed by atoms with van der Waals surface area (Å²) in [6.45, 7) is 1.76. The highest BCUT2D eigenvalue weighted by Crippen LogP contribution is 2.38. The molecule has 1 aliphatic rings. The highest BCUT2D eigenvalue weighted by atomic mass is 16.5. The number of nitrogens with zero attached hydrogens (tertiary/aromatic N) is 2. The lowest BCUT2D eigenvalue weighted by Crippen LogP contribution is -2.13. The van der Waals surface area contributed by atoms with E-state index in [0.29, 0.717) is 43.9 Å². The van der Waals surface area contributed by atoms with Gasteiger partial charge in [0.15, 0.2) is 5.82 Å². The molecule has 0 bridgehead atoms. The van der Waals surface area contributed by atoms with Crippen molar-refractivity contribution in [2.24, 2.45) is 11.7 Å². The third kappa shape index (κ3) is 3.76. The molecular formula is C11H19N3O3. The molecule has 6 nitrogen and oxygen atoms in total. The summed E-state index contributed by atoms with van der Waals surface area (Å²) < 4.78 is 15.3. The predicted octanol–water partition coefficient (Wildman–Crippen LogP) is 0.685. The Hall–Kier alpha value is -0.980. The van der Waals surface area contributed by atoms with E-state index in [-0.39, 0.29) is 6.04 Å². The monoisotopic (exact) mass is 241 g/mol. The average molecular weight is 241 g/mol. The Balaban J connectivity index is 1.70. The van der Waals surface area contributed by atoms with Gasteiger partial charge in [0.05, 0.1) is 25.9 Å². The zero-order chi connectivity index (χ0) is 12.1. The minimum Gasteiger partial charge on any atom is -0.382 e. The van der Waals surface area contributed by atoms with Crippen LogP contribution in [0.15, 0.2) is 4.52 Å². The molecule has 1 fully saturated rings. The molecule has 0 radical (unpaired) electrons. The molecule has 1 aliphatic carbocycles. The zero-order valence-electron chi connectivity index (χ0n) is 10.1. The number of aromatic nitrogens is 2. The number of hydrogen-bond donors (Lipinski definition) is 1. The summed E-state index contributed by atoms with van der Waals surface area (Å²) in [6, 6.07) is -0.0920. The summed E-state index contributed by atoms with van der Waals surface area (Å²) in [5, 5.41) is 3.89. The molecule has 0 amide bonds. The molecule has 2 N–H and O–H groups in total. The summed E-state index contributed by atoms with van der Waals surface area (Å²) in [7, 11) is 1.65. The molecule has 17 heavy (non-hydrogen) atoms. The van der Waals surface area contributed by atoms with Gasteiger partial charge in [-0.05, 0) is 18.8 Å². The van der Waals surface area contributed by atoms with E-state index in [1.165, 1.54) is 12.8 Å². The highest BCUT2D eigenvalue weighted by Gasteiger charge is 2.33. The van der Waals surface area contributed by atoms with Gasteiger partial charge in [0.2, 0.25) is 5.89 Å². The third-order valence-electron chi connectivity index (χ3n) is 2.80. The van der Waals surface area contributed by atoms with E-state index in [1.54, 1.807) is 7.11 Å². The highest BCUT2D eigenvalue weighted by molar-refractivity contribution is 4.98. The Morgan fingerprint density at radius 3 is 2.94 bits per heavy atom. The van der Waals surface area contributed by atoms with Crippen molar-refractivity contribution in [1.29, 1.82) is 0 Å². The van der Waals surface area contributed by atoms with Crippen LogP contribution in [0.1, 0.15) is 30.6 Å². The van der Waals surface area contributed by atoms with Gasteiger partial charge in [-0.25, -0.2) is 0 Å². The van der Waals surface area contributed by atoms with Crippen molar-refractivity contribution < 1.29 is 14.0 Å². The van der Waals surface area contributed by atoms with Gasteiger partial charge in [0.1, 0.15) is 0 Å². The number of ether oxygens (including phenoxy) is 2. The first kappa shape index (κ1) is 12.5. The van der Waals surface area contributed by atoms with E-state index in [2.05, 4.69) is 10.1 Å². The summed E-state index contributed by atoms with van der Waals surface area (Å²) in [5.74, 6) is 1.74. The Labute approximate surface area is 100 Å². The van der Waals surface area contributed by atoms with Gasteiger partial charge in [-0.2, -0.15) is 4.98 Å². The first-order valence-electron chi connectivity index (χ1n) is 5.96. The summed E-state index contributed by atoms with van der Waals surface area (Å²) in [4.78, 5) is 4.28. The van der Waals surface area contributed by atoms with Gasteiger partial charge < -0.3 is 19.7 Å². The molecule has 96 valence electrons. The van der Waals surface area contributed by atoms with Gasteiger partial charge in [-0.15, -0.1) is 0 Å². The fourth-order valence-corrected chi connectivity index (χ4v) is 1.57. The lowest BCUT2D eigenvalue weighted by Gasteiger charge is -2.02. The zero-order valence-corrected chi connectivity index (χ0v) is 10.1. The van der Waals surface area contributed by atoms with Crippen LogP contribution in [0.3, 0.4) is 0 Å². The normalized spacial score (nSPS) is 17.3. The van der Waals surface area contributed by atoms with Crippen molar-refractivity contribution in [3.63, 3.8) is 0 Å². The van der Waals surface area contributed by atoms with Crippen LogP contribution in [0, 0.1) is 5.92 Å². The molecule has 6 heteroatoms. The molecule has 2 rings (SSSR count). The van der Waals surface area contributed by atoms with Crippen LogP contribution in [0.4, 0.5) is 0 Å². The molecule has 1 heterocycles. The van der Waals surface area contributed by atoms with Gasteiger partial charge in [-0.3, -0.25) is 0 Å². The average Bonchev–Trinajstić information content (AvgIpc) is 3.08. The number of rotatable bonds is 8. The molecule has 1 saturated carbocycles. The van der Waals surface area contributed by atoms with Crippen molar-refractivity contribution in [2.45, 2.75) is 25.3 Å². The van der Waals surface area contributed by atoms with Crippen molar-refractivity contribution >= 4 is 0 Å². The Morgan fingerprint density at radius 2 is 2.24 bits per heavy atom. The fraction of sp³-hybridized carbons (Fsp3) is 0.818. The maximum absolute atomic E-state index is 5.96. The first-order valence-corrected chi connectivity index (χ1v) is 5.96. The Kier molecular flexibility index (Phi) is 4.47. The molecule has 1 aromatic heterocycles. The lowest BCUT2D eigenvalue weighted by atomic mass is 10.2. The smallest absolute Gasteiger partial charge is 0.243 e. The fourth-order valence-electron chi connectivity index (χ4n) is 1.57. The van der Waals surface area contributed by atoms with Crippen LogP contribution in [-0.2, 0) is 15.9 Å². The quantitative estimate of drug-likeness (QED) is 0.674. The second-order valence-corrected chi connectivity index (χ2v) is 4.27. The summed E-state index contributed by atoms with van der Waals surface area (Å²) in [5.41, 5.74) is 5.96. The number of nitrogens with two attached hydrogens (primary N) is 1. The van der Waals surface area contributed by atoms with Crippen LogP contribution in [-0.4, -0.2) is 37.1 Å². The second-order valence-electron chi connectivity index (χ2n) is 4.27. The predicted molar refractivity (Wildman–Crippen MR) is 60.3 cm³/mol. The van der Waals surface area contributed by atoms with Crippen LogP contribution in [0.25, 0.3) is 0 Å². The minimum atomic E-state index is -0.0920. The van der Waals surface area contributed by atoms with E-state index in [0.717, 1.165) is 0 Å². The molecule has 0 saturated heterocycles. The maximum atomic E-state index is 5.96. The maximum Gasteiger partial charge on any atom is 0.243 e. The molecule has 0 spiro atoms. The van der Waals surface area contributed by atoms with Crippen LogP contribution >= 0.6 is 0 Å². The minimum absolute atomic E-state index is 0.0920. The van der Waals surface area contributed by atoms with Crippen molar-refractivity contribution in [2.75, 3.05) is 26.9 Å². The molecule has 0 aromatic carbocycles. The van der Waals surface area contributed by atoms with E-state index in [4.69, 9.17) is 19.7 Å². The van der Waals surface area contributed by atoms with Gasteiger partial charge in [-0.1, -0.05) is 5.16 Å². The van der Waals surface area contributed by atoms with Gasteiger partial charge >= 0.3 is 0 Å². The molecular weight excluding hydrogens is 222 g/mol. The van der Waals surface area contributed by atoms with Gasteiger partial charge in [0.25, 0.3) is 0 Å². The van der Waals surface area contributed by atoms with Crippen LogP contribution in [0.2, 0.25) is 0 Å². The first-order chi connectivity index (χ1) is 8.31. The van der Waals surface area contributed by atoms with E-state index >= 15 is 0 Å². The third-order valence-corrected chi connectivity index (χ3v) is 2.80. The van der Waals surface area contributed by atoms with E-state index < -0.39 is 0 Å². The van der Waals surface area contributed by atoms with E-state index in [1.807, 2.05) is 0 Å². The molecule has 1 atom stereocenters. The van der Waals surface area contributed by atoms with Crippen molar-refractivity contribution in [3.8, 4) is 0 Å². The van der Waals surface area contributed by atoms with Crippen molar-refractivity contribution in [3.05, 3.63) is 11.7 Å². The van der Waals surface area contributed by atoms with Crippen LogP contribution in [0.5, 0.6) is 0 Å². The molecule has 1 unspecified atom stereocenters. The molecule has 1 aromatic rings. The topological polar surface area (TPSA) is 83.4 Å². The summed E-state index contributed by atoms with van der Waals surface area (Å²) >= 11 is 0. The number of methoxy groups -OCH3 is 1.